The van der Waals surface area contributed by atoms with Gasteiger partial charge in [0.05, 0.1) is 19.9 Å². The summed E-state index contributed by atoms with van der Waals surface area (Å²) < 4.78 is 10.4. The van der Waals surface area contributed by atoms with Gasteiger partial charge in [-0.1, -0.05) is 32.9 Å². The Morgan fingerprint density at radius 3 is 2.29 bits per heavy atom. The highest BCUT2D eigenvalue weighted by atomic mass is 16.5. The average Bonchev–Trinajstić information content (AvgIpc) is 2.68. The molecule has 146 valence electrons. The van der Waals surface area contributed by atoms with Gasteiger partial charge in [-0.05, 0) is 35.2 Å². The fourth-order valence-electron chi connectivity index (χ4n) is 2.47. The highest BCUT2D eigenvalue weighted by molar-refractivity contribution is 6.07. The van der Waals surface area contributed by atoms with Crippen LogP contribution in [0.3, 0.4) is 0 Å². The standard InChI is InChI=1S/C22H25N3O3/c1-22(2,3)16-6-8-17(9-7-16)24-14-15(13-23)21(26)25-19-12-18(27-4)10-11-20(19)28-5/h6-12,14,24H,1-5H3,(H,25,26)/b15-14-. The lowest BCUT2D eigenvalue weighted by molar-refractivity contribution is -0.112. The van der Waals surface area contributed by atoms with Gasteiger partial charge in [-0.25, -0.2) is 0 Å². The highest BCUT2D eigenvalue weighted by Crippen LogP contribution is 2.29. The van der Waals surface area contributed by atoms with Crippen LogP contribution >= 0.6 is 0 Å². The molecule has 2 aromatic carbocycles. The van der Waals surface area contributed by atoms with E-state index in [4.69, 9.17) is 9.47 Å². The molecule has 0 saturated carbocycles. The van der Waals surface area contributed by atoms with E-state index in [0.29, 0.717) is 17.2 Å². The van der Waals surface area contributed by atoms with Gasteiger partial charge in [0.15, 0.2) is 0 Å². The number of hydrogen-bond acceptors (Lipinski definition) is 5. The number of anilines is 2. The van der Waals surface area contributed by atoms with Crippen molar-refractivity contribution in [2.75, 3.05) is 24.9 Å². The van der Waals surface area contributed by atoms with Crippen molar-refractivity contribution >= 4 is 17.3 Å². The molecule has 0 aliphatic rings. The Hall–Kier alpha value is -3.46. The van der Waals surface area contributed by atoms with Crippen LogP contribution in [0.4, 0.5) is 11.4 Å². The summed E-state index contributed by atoms with van der Waals surface area (Å²) in [6, 6.07) is 14.8. The number of ether oxygens (including phenoxy) is 2. The Morgan fingerprint density at radius 1 is 1.07 bits per heavy atom. The van der Waals surface area contributed by atoms with Crippen molar-refractivity contribution in [2.24, 2.45) is 0 Å². The Balaban J connectivity index is 2.14. The molecule has 0 aliphatic heterocycles. The third-order valence-electron chi connectivity index (χ3n) is 4.15. The smallest absolute Gasteiger partial charge is 0.267 e. The molecular weight excluding hydrogens is 354 g/mol. The van der Waals surface area contributed by atoms with Gasteiger partial charge in [0.1, 0.15) is 23.1 Å². The third-order valence-corrected chi connectivity index (χ3v) is 4.15. The normalized spacial score (nSPS) is 11.4. The molecule has 6 heteroatoms. The quantitative estimate of drug-likeness (QED) is 0.572. The third kappa shape index (κ3) is 5.27. The molecule has 0 fully saturated rings. The summed E-state index contributed by atoms with van der Waals surface area (Å²) in [4.78, 5) is 12.5. The molecule has 2 N–H and O–H groups in total. The lowest BCUT2D eigenvalue weighted by Crippen LogP contribution is -2.15. The Morgan fingerprint density at radius 2 is 1.75 bits per heavy atom. The molecule has 0 atom stereocenters. The van der Waals surface area contributed by atoms with E-state index >= 15 is 0 Å². The van der Waals surface area contributed by atoms with Gasteiger partial charge in [0.2, 0.25) is 0 Å². The van der Waals surface area contributed by atoms with Crippen LogP contribution in [-0.2, 0) is 10.2 Å². The molecular formula is C22H25N3O3. The number of rotatable bonds is 6. The first-order valence-corrected chi connectivity index (χ1v) is 8.79. The zero-order chi connectivity index (χ0) is 20.7. The molecule has 1 amide bonds. The van der Waals surface area contributed by atoms with Crippen LogP contribution in [0.15, 0.2) is 54.2 Å². The molecule has 2 rings (SSSR count). The first-order chi connectivity index (χ1) is 13.3. The fraction of sp³-hybridized carbons (Fsp3) is 0.273. The van der Waals surface area contributed by atoms with Gasteiger partial charge in [0.25, 0.3) is 5.91 Å². The lowest BCUT2D eigenvalue weighted by atomic mass is 9.87. The summed E-state index contributed by atoms with van der Waals surface area (Å²) in [6.07, 6.45) is 1.38. The van der Waals surface area contributed by atoms with Crippen LogP contribution in [-0.4, -0.2) is 20.1 Å². The van der Waals surface area contributed by atoms with Crippen molar-refractivity contribution < 1.29 is 14.3 Å². The van der Waals surface area contributed by atoms with Gasteiger partial charge < -0.3 is 20.1 Å². The molecule has 0 aromatic heterocycles. The number of amides is 1. The van der Waals surface area contributed by atoms with Gasteiger partial charge in [-0.2, -0.15) is 5.26 Å². The predicted octanol–water partition coefficient (Wildman–Crippen LogP) is 4.46. The molecule has 0 aliphatic carbocycles. The summed E-state index contributed by atoms with van der Waals surface area (Å²) in [7, 11) is 3.03. The van der Waals surface area contributed by atoms with E-state index in [9.17, 15) is 10.1 Å². The number of carbonyl (C=O) groups is 1. The van der Waals surface area contributed by atoms with E-state index < -0.39 is 5.91 Å². The van der Waals surface area contributed by atoms with Crippen LogP contribution in [0.25, 0.3) is 0 Å². The minimum atomic E-state index is -0.548. The van der Waals surface area contributed by atoms with Crippen molar-refractivity contribution in [3.63, 3.8) is 0 Å². The Labute approximate surface area is 165 Å². The van der Waals surface area contributed by atoms with Crippen molar-refractivity contribution in [3.05, 3.63) is 59.8 Å². The van der Waals surface area contributed by atoms with Crippen molar-refractivity contribution in [1.82, 2.24) is 0 Å². The fourth-order valence-corrected chi connectivity index (χ4v) is 2.47. The van der Waals surface area contributed by atoms with E-state index in [1.807, 2.05) is 30.3 Å². The zero-order valence-corrected chi connectivity index (χ0v) is 16.8. The maximum Gasteiger partial charge on any atom is 0.267 e. The van der Waals surface area contributed by atoms with Crippen LogP contribution in [0.5, 0.6) is 11.5 Å². The molecule has 0 bridgehead atoms. The first-order valence-electron chi connectivity index (χ1n) is 8.79. The second-order valence-corrected chi connectivity index (χ2v) is 7.16. The topological polar surface area (TPSA) is 83.4 Å². The number of nitrogens with zero attached hydrogens (tertiary/aromatic N) is 1. The number of nitrogens with one attached hydrogen (secondary N) is 2. The highest BCUT2D eigenvalue weighted by Gasteiger charge is 2.14. The minimum Gasteiger partial charge on any atom is -0.497 e. The summed E-state index contributed by atoms with van der Waals surface area (Å²) >= 11 is 0. The molecule has 0 unspecified atom stereocenters. The second kappa shape index (κ2) is 8.96. The van der Waals surface area contributed by atoms with E-state index in [0.717, 1.165) is 5.69 Å². The van der Waals surface area contributed by atoms with E-state index in [1.54, 1.807) is 18.2 Å². The van der Waals surface area contributed by atoms with Gasteiger partial charge in [0, 0.05) is 18.0 Å². The van der Waals surface area contributed by atoms with Crippen molar-refractivity contribution in [1.29, 1.82) is 5.26 Å². The number of carbonyl (C=O) groups excluding carboxylic acids is 1. The zero-order valence-electron chi connectivity index (χ0n) is 16.8. The summed E-state index contributed by atoms with van der Waals surface area (Å²) in [6.45, 7) is 6.42. The van der Waals surface area contributed by atoms with Crippen LogP contribution in [0.1, 0.15) is 26.3 Å². The number of nitriles is 1. The number of hydrogen-bond donors (Lipinski definition) is 2. The van der Waals surface area contributed by atoms with E-state index in [1.165, 1.54) is 26.0 Å². The number of benzene rings is 2. The van der Waals surface area contributed by atoms with Crippen LogP contribution < -0.4 is 20.1 Å². The predicted molar refractivity (Wildman–Crippen MR) is 111 cm³/mol. The SMILES string of the molecule is COc1ccc(OC)c(NC(=O)/C(C#N)=C\Nc2ccc(C(C)(C)C)cc2)c1. The first kappa shape index (κ1) is 20.8. The van der Waals surface area contributed by atoms with Gasteiger partial charge in [-0.3, -0.25) is 4.79 Å². The van der Waals surface area contributed by atoms with E-state index in [2.05, 4.69) is 31.4 Å². The minimum absolute atomic E-state index is 0.0574. The maximum absolute atomic E-state index is 12.5. The van der Waals surface area contributed by atoms with Crippen LogP contribution in [0, 0.1) is 11.3 Å². The van der Waals surface area contributed by atoms with Gasteiger partial charge >= 0.3 is 0 Å². The Kier molecular flexibility index (Phi) is 6.67. The average molecular weight is 379 g/mol. The Bertz CT molecular complexity index is 904. The second-order valence-electron chi connectivity index (χ2n) is 7.16. The van der Waals surface area contributed by atoms with E-state index in [-0.39, 0.29) is 11.0 Å². The molecule has 0 spiro atoms. The van der Waals surface area contributed by atoms with Crippen molar-refractivity contribution in [3.8, 4) is 17.6 Å². The molecule has 0 saturated heterocycles. The maximum atomic E-state index is 12.5. The summed E-state index contributed by atoms with van der Waals surface area (Å²) in [5, 5.41) is 15.0. The van der Waals surface area contributed by atoms with Crippen LogP contribution in [0.2, 0.25) is 0 Å². The summed E-state index contributed by atoms with van der Waals surface area (Å²) in [5.74, 6) is 0.487. The monoisotopic (exact) mass is 379 g/mol. The number of methoxy groups -OCH3 is 2. The largest absolute Gasteiger partial charge is 0.497 e. The molecule has 0 heterocycles. The van der Waals surface area contributed by atoms with Gasteiger partial charge in [-0.15, -0.1) is 0 Å². The molecule has 28 heavy (non-hydrogen) atoms. The summed E-state index contributed by atoms with van der Waals surface area (Å²) in [5.41, 5.74) is 2.40. The molecule has 6 nitrogen and oxygen atoms in total. The lowest BCUT2D eigenvalue weighted by Gasteiger charge is -2.19. The molecule has 2 aromatic rings. The van der Waals surface area contributed by atoms with Crippen molar-refractivity contribution in [2.45, 2.75) is 26.2 Å². The molecule has 0 radical (unpaired) electrons.